The van der Waals surface area contributed by atoms with Crippen molar-refractivity contribution in [2.24, 2.45) is 0 Å². The number of carbonyl (C=O) groups excluding carboxylic acids is 1. The Morgan fingerprint density at radius 1 is 1.14 bits per heavy atom. The largest absolute Gasteiger partial charge is 0.343 e. The van der Waals surface area contributed by atoms with Gasteiger partial charge in [-0.15, -0.1) is 0 Å². The van der Waals surface area contributed by atoms with Crippen molar-refractivity contribution in [3.8, 4) is 0 Å². The lowest BCUT2D eigenvalue weighted by atomic mass is 9.93. The first kappa shape index (κ1) is 15.8. The molecule has 0 radical (unpaired) electrons. The van der Waals surface area contributed by atoms with Gasteiger partial charge in [-0.2, -0.15) is 0 Å². The monoisotopic (exact) mass is 325 g/mol. The lowest BCUT2D eigenvalue weighted by Crippen LogP contribution is -2.41. The minimum atomic E-state index is -0.717. The lowest BCUT2D eigenvalue weighted by molar-refractivity contribution is 0.0911. The first-order chi connectivity index (χ1) is 9.79. The number of hydrogen-bond donors (Lipinski definition) is 1. The molecule has 0 aliphatic heterocycles. The summed E-state index contributed by atoms with van der Waals surface area (Å²) in [6.07, 6.45) is 0. The molecule has 2 aromatic carbocycles. The molecule has 21 heavy (non-hydrogen) atoms. The van der Waals surface area contributed by atoms with Crippen molar-refractivity contribution >= 4 is 29.1 Å². The van der Waals surface area contributed by atoms with E-state index >= 15 is 0 Å². The molecule has 0 aliphatic rings. The van der Waals surface area contributed by atoms with Gasteiger partial charge >= 0.3 is 0 Å². The smallest absolute Gasteiger partial charge is 0.252 e. The topological polar surface area (TPSA) is 29.1 Å². The molecule has 1 amide bonds. The molecule has 0 unspecified atom stereocenters. The summed E-state index contributed by atoms with van der Waals surface area (Å²) in [6.45, 7) is 3.64. The van der Waals surface area contributed by atoms with Crippen LogP contribution in [0.3, 0.4) is 0 Å². The molecule has 0 aromatic heterocycles. The summed E-state index contributed by atoms with van der Waals surface area (Å²) in [5.74, 6) is -0.824. The van der Waals surface area contributed by atoms with Crippen molar-refractivity contribution < 1.29 is 9.18 Å². The normalized spacial score (nSPS) is 11.3. The number of halogens is 3. The van der Waals surface area contributed by atoms with E-state index in [9.17, 15) is 9.18 Å². The summed E-state index contributed by atoms with van der Waals surface area (Å²) in [4.78, 5) is 12.2. The van der Waals surface area contributed by atoms with E-state index in [2.05, 4.69) is 5.32 Å². The zero-order chi connectivity index (χ0) is 15.6. The van der Waals surface area contributed by atoms with Crippen molar-refractivity contribution in [3.05, 3.63) is 69.5 Å². The van der Waals surface area contributed by atoms with Gasteiger partial charge in [-0.3, -0.25) is 4.79 Å². The van der Waals surface area contributed by atoms with Crippen LogP contribution < -0.4 is 5.32 Å². The minimum Gasteiger partial charge on any atom is -0.343 e. The highest BCUT2D eigenvalue weighted by molar-refractivity contribution is 6.35. The van der Waals surface area contributed by atoms with E-state index in [0.29, 0.717) is 10.0 Å². The van der Waals surface area contributed by atoms with Gasteiger partial charge in [-0.05, 0) is 49.7 Å². The fraction of sp³-hybridized carbons (Fsp3) is 0.188. The van der Waals surface area contributed by atoms with Crippen LogP contribution in [0.1, 0.15) is 29.8 Å². The molecule has 0 fully saturated rings. The molecule has 110 valence electrons. The van der Waals surface area contributed by atoms with Gasteiger partial charge in [-0.1, -0.05) is 35.3 Å². The highest BCUT2D eigenvalue weighted by Gasteiger charge is 2.26. The number of carbonyl (C=O) groups is 1. The number of benzene rings is 2. The second kappa shape index (κ2) is 6.04. The Morgan fingerprint density at radius 3 is 2.48 bits per heavy atom. The Hall–Kier alpha value is -1.58. The molecule has 1 N–H and O–H groups in total. The van der Waals surface area contributed by atoms with E-state index in [1.165, 1.54) is 18.2 Å². The molecule has 0 aliphatic carbocycles. The van der Waals surface area contributed by atoms with Crippen LogP contribution in [0.15, 0.2) is 42.5 Å². The molecule has 2 aromatic rings. The van der Waals surface area contributed by atoms with E-state index in [0.717, 1.165) is 5.56 Å². The van der Waals surface area contributed by atoms with Gasteiger partial charge in [0.15, 0.2) is 0 Å². The van der Waals surface area contributed by atoms with E-state index in [-0.39, 0.29) is 11.5 Å². The van der Waals surface area contributed by atoms with Gasteiger partial charge in [-0.25, -0.2) is 4.39 Å². The van der Waals surface area contributed by atoms with Crippen molar-refractivity contribution in [1.29, 1.82) is 0 Å². The van der Waals surface area contributed by atoms with Gasteiger partial charge < -0.3 is 5.32 Å². The fourth-order valence-electron chi connectivity index (χ4n) is 2.05. The second-order valence-electron chi connectivity index (χ2n) is 5.21. The average Bonchev–Trinajstić information content (AvgIpc) is 2.37. The molecule has 2 rings (SSSR count). The highest BCUT2D eigenvalue weighted by atomic mass is 35.5. The molecule has 2 nitrogen and oxygen atoms in total. The fourth-order valence-corrected chi connectivity index (χ4v) is 2.69. The van der Waals surface area contributed by atoms with Gasteiger partial charge in [0.05, 0.1) is 5.54 Å². The van der Waals surface area contributed by atoms with Crippen LogP contribution in [0.25, 0.3) is 0 Å². The van der Waals surface area contributed by atoms with Crippen LogP contribution in [-0.2, 0) is 5.54 Å². The third kappa shape index (κ3) is 3.74. The van der Waals surface area contributed by atoms with E-state index in [1.54, 1.807) is 24.3 Å². The third-order valence-corrected chi connectivity index (χ3v) is 3.67. The maximum atomic E-state index is 13.2. The summed E-state index contributed by atoms with van der Waals surface area (Å²) < 4.78 is 13.2. The van der Waals surface area contributed by atoms with Crippen LogP contribution in [0.5, 0.6) is 0 Å². The van der Waals surface area contributed by atoms with Crippen molar-refractivity contribution in [2.45, 2.75) is 19.4 Å². The van der Waals surface area contributed by atoms with E-state index in [1.807, 2.05) is 13.8 Å². The van der Waals surface area contributed by atoms with E-state index in [4.69, 9.17) is 23.2 Å². The zero-order valence-electron chi connectivity index (χ0n) is 11.6. The van der Waals surface area contributed by atoms with Crippen LogP contribution in [0.2, 0.25) is 10.0 Å². The zero-order valence-corrected chi connectivity index (χ0v) is 13.1. The van der Waals surface area contributed by atoms with E-state index < -0.39 is 11.4 Å². The molecule has 0 saturated carbocycles. The summed E-state index contributed by atoms with van der Waals surface area (Å²) in [7, 11) is 0. The Bertz CT molecular complexity index is 686. The Kier molecular flexibility index (Phi) is 4.55. The molecule has 0 bridgehead atoms. The molecular weight excluding hydrogens is 312 g/mol. The highest BCUT2D eigenvalue weighted by Crippen LogP contribution is 2.30. The maximum absolute atomic E-state index is 13.2. The maximum Gasteiger partial charge on any atom is 0.252 e. The second-order valence-corrected chi connectivity index (χ2v) is 6.06. The molecule has 5 heteroatoms. The number of nitrogens with one attached hydrogen (secondary N) is 1. The summed E-state index contributed by atoms with van der Waals surface area (Å²) >= 11 is 12.0. The Labute approximate surface area is 132 Å². The van der Waals surface area contributed by atoms with Crippen molar-refractivity contribution in [1.82, 2.24) is 5.32 Å². The predicted octanol–water partition coefficient (Wildman–Crippen LogP) is 4.80. The van der Waals surface area contributed by atoms with Gasteiger partial charge in [0.2, 0.25) is 0 Å². The van der Waals surface area contributed by atoms with Gasteiger partial charge in [0.25, 0.3) is 5.91 Å². The van der Waals surface area contributed by atoms with Crippen LogP contribution >= 0.6 is 23.2 Å². The quantitative estimate of drug-likeness (QED) is 0.863. The molecule has 0 heterocycles. The van der Waals surface area contributed by atoms with Crippen molar-refractivity contribution in [2.75, 3.05) is 0 Å². The third-order valence-electron chi connectivity index (χ3n) is 3.12. The number of rotatable bonds is 3. The summed E-state index contributed by atoms with van der Waals surface area (Å²) in [5.41, 5.74) is 0.275. The lowest BCUT2D eigenvalue weighted by Gasteiger charge is -2.28. The first-order valence-corrected chi connectivity index (χ1v) is 7.09. The number of amides is 1. The SMILES string of the molecule is CC(C)(NC(=O)c1cccc(F)c1)c1ccc(Cl)cc1Cl. The minimum absolute atomic E-state index is 0.258. The molecule has 0 atom stereocenters. The Balaban J connectivity index is 2.26. The van der Waals surface area contributed by atoms with Crippen LogP contribution in [-0.4, -0.2) is 5.91 Å². The molecule has 0 saturated heterocycles. The first-order valence-electron chi connectivity index (χ1n) is 6.33. The Morgan fingerprint density at radius 2 is 1.86 bits per heavy atom. The predicted molar refractivity (Wildman–Crippen MR) is 83.4 cm³/mol. The molecule has 0 spiro atoms. The molecular formula is C16H14Cl2FNO. The summed E-state index contributed by atoms with van der Waals surface area (Å²) in [6, 6.07) is 10.6. The van der Waals surface area contributed by atoms with Gasteiger partial charge in [0.1, 0.15) is 5.82 Å². The average molecular weight is 326 g/mol. The van der Waals surface area contributed by atoms with Crippen LogP contribution in [0.4, 0.5) is 4.39 Å². The number of hydrogen-bond acceptors (Lipinski definition) is 1. The summed E-state index contributed by atoms with van der Waals surface area (Å²) in [5, 5.41) is 3.83. The standard InChI is InChI=1S/C16H14Cl2FNO/c1-16(2,13-7-6-11(17)9-14(13)18)20-15(21)10-4-3-5-12(19)8-10/h3-9H,1-2H3,(H,20,21). The van der Waals surface area contributed by atoms with Crippen molar-refractivity contribution in [3.63, 3.8) is 0 Å². The van der Waals surface area contributed by atoms with Crippen LogP contribution in [0, 0.1) is 5.82 Å². The van der Waals surface area contributed by atoms with Gasteiger partial charge in [0, 0.05) is 15.6 Å².